The fourth-order valence-electron chi connectivity index (χ4n) is 3.21. The normalized spacial score (nSPS) is 14.3. The first-order chi connectivity index (χ1) is 14.6. The number of methoxy groups -OCH3 is 1. The van der Waals surface area contributed by atoms with Gasteiger partial charge in [-0.15, -0.1) is 11.3 Å². The second-order valence-corrected chi connectivity index (χ2v) is 7.61. The molecule has 0 bridgehead atoms. The maximum Gasteiger partial charge on any atom is 0.387 e. The number of aromatic nitrogens is 1. The van der Waals surface area contributed by atoms with Crippen LogP contribution in [0.2, 0.25) is 0 Å². The van der Waals surface area contributed by atoms with Crippen molar-refractivity contribution in [3.05, 3.63) is 34.8 Å². The molecule has 0 amide bonds. The predicted octanol–water partition coefficient (Wildman–Crippen LogP) is 3.26. The number of rotatable bonds is 9. The minimum absolute atomic E-state index is 0.102. The van der Waals surface area contributed by atoms with Crippen molar-refractivity contribution in [2.45, 2.75) is 32.4 Å². The zero-order chi connectivity index (χ0) is 21.3. The van der Waals surface area contributed by atoms with E-state index in [1.165, 1.54) is 26.0 Å². The largest absolute Gasteiger partial charge is 0.497 e. The van der Waals surface area contributed by atoms with Crippen LogP contribution >= 0.6 is 11.3 Å². The summed E-state index contributed by atoms with van der Waals surface area (Å²) in [5.41, 5.74) is 1.60. The predicted molar refractivity (Wildman–Crippen MR) is 115 cm³/mol. The first kappa shape index (κ1) is 22.1. The number of ether oxygens (including phenoxy) is 2. The Balaban J connectivity index is 1.50. The van der Waals surface area contributed by atoms with Crippen molar-refractivity contribution in [2.24, 2.45) is 4.99 Å². The van der Waals surface area contributed by atoms with E-state index in [4.69, 9.17) is 9.72 Å². The van der Waals surface area contributed by atoms with Gasteiger partial charge in [-0.05, 0) is 31.0 Å². The molecule has 3 rings (SSSR count). The molecule has 0 spiro atoms. The first-order valence-corrected chi connectivity index (χ1v) is 10.7. The summed E-state index contributed by atoms with van der Waals surface area (Å²) in [5.74, 6) is 1.23. The van der Waals surface area contributed by atoms with Gasteiger partial charge in [0, 0.05) is 50.6 Å². The Labute approximate surface area is 179 Å². The summed E-state index contributed by atoms with van der Waals surface area (Å²) in [7, 11) is 3.18. The molecule has 30 heavy (non-hydrogen) atoms. The summed E-state index contributed by atoms with van der Waals surface area (Å²) < 4.78 is 35.1. The van der Waals surface area contributed by atoms with Gasteiger partial charge in [0.2, 0.25) is 0 Å². The molecule has 164 valence electrons. The smallest absolute Gasteiger partial charge is 0.387 e. The molecule has 1 aromatic heterocycles. The Morgan fingerprint density at radius 3 is 2.80 bits per heavy atom. The van der Waals surface area contributed by atoms with Crippen molar-refractivity contribution in [2.75, 3.05) is 38.7 Å². The number of nitrogens with zero attached hydrogens (tertiary/aromatic N) is 3. The van der Waals surface area contributed by atoms with E-state index in [1.54, 1.807) is 30.5 Å². The van der Waals surface area contributed by atoms with Crippen LogP contribution in [-0.4, -0.2) is 51.3 Å². The molecule has 1 aromatic carbocycles. The summed E-state index contributed by atoms with van der Waals surface area (Å²) in [6, 6.07) is 4.71. The Kier molecular flexibility index (Phi) is 8.06. The molecule has 0 saturated carbocycles. The number of anilines is 1. The maximum absolute atomic E-state index is 12.7. The van der Waals surface area contributed by atoms with Gasteiger partial charge in [-0.3, -0.25) is 4.99 Å². The molecule has 0 radical (unpaired) electrons. The molecular formula is C20H27F2N5O2S. The summed E-state index contributed by atoms with van der Waals surface area (Å²) >= 11 is 1.68. The van der Waals surface area contributed by atoms with E-state index in [0.717, 1.165) is 30.3 Å². The number of benzene rings is 1. The quantitative estimate of drug-likeness (QED) is 0.462. The molecule has 2 N–H and O–H groups in total. The molecule has 1 saturated heterocycles. The Morgan fingerprint density at radius 2 is 2.10 bits per heavy atom. The fraction of sp³-hybridized carbons (Fsp3) is 0.500. The molecule has 2 aromatic rings. The molecule has 1 aliphatic heterocycles. The summed E-state index contributed by atoms with van der Waals surface area (Å²) in [4.78, 5) is 11.2. The lowest BCUT2D eigenvalue weighted by Gasteiger charge is -2.15. The molecule has 10 heteroatoms. The summed E-state index contributed by atoms with van der Waals surface area (Å²) in [5, 5.41) is 9.53. The number of halogens is 2. The van der Waals surface area contributed by atoms with E-state index in [2.05, 4.69) is 30.6 Å². The zero-order valence-electron chi connectivity index (χ0n) is 17.2. The van der Waals surface area contributed by atoms with E-state index in [-0.39, 0.29) is 12.3 Å². The first-order valence-electron chi connectivity index (χ1n) is 9.84. The molecule has 2 heterocycles. The van der Waals surface area contributed by atoms with Gasteiger partial charge in [-0.2, -0.15) is 8.78 Å². The lowest BCUT2D eigenvalue weighted by atomic mass is 10.2. The maximum atomic E-state index is 12.7. The van der Waals surface area contributed by atoms with E-state index >= 15 is 0 Å². The average molecular weight is 440 g/mol. The van der Waals surface area contributed by atoms with Crippen LogP contribution in [0.1, 0.15) is 24.1 Å². The van der Waals surface area contributed by atoms with Gasteiger partial charge in [0.25, 0.3) is 0 Å². The highest BCUT2D eigenvalue weighted by molar-refractivity contribution is 7.13. The molecule has 1 aliphatic rings. The second-order valence-electron chi connectivity index (χ2n) is 6.77. The van der Waals surface area contributed by atoms with E-state index in [1.807, 2.05) is 0 Å². The van der Waals surface area contributed by atoms with E-state index < -0.39 is 6.61 Å². The van der Waals surface area contributed by atoms with Gasteiger partial charge in [0.1, 0.15) is 11.5 Å². The van der Waals surface area contributed by atoms with Crippen molar-refractivity contribution in [3.63, 3.8) is 0 Å². The SMILES string of the molecule is CN=C(NCCc1csc(N2CCCC2)n1)NCc1cc(OC)ccc1OC(F)F. The van der Waals surface area contributed by atoms with Crippen LogP contribution in [0, 0.1) is 0 Å². The molecule has 0 unspecified atom stereocenters. The Bertz CT molecular complexity index is 840. The van der Waals surface area contributed by atoms with Crippen LogP contribution < -0.4 is 25.0 Å². The zero-order valence-corrected chi connectivity index (χ0v) is 18.0. The number of nitrogens with one attached hydrogen (secondary N) is 2. The van der Waals surface area contributed by atoms with Crippen molar-refractivity contribution in [1.82, 2.24) is 15.6 Å². The monoisotopic (exact) mass is 439 g/mol. The third-order valence-electron chi connectivity index (χ3n) is 4.74. The minimum Gasteiger partial charge on any atom is -0.497 e. The number of alkyl halides is 2. The minimum atomic E-state index is -2.89. The fourth-order valence-corrected chi connectivity index (χ4v) is 4.12. The van der Waals surface area contributed by atoms with Gasteiger partial charge in [0.05, 0.1) is 12.8 Å². The highest BCUT2D eigenvalue weighted by Crippen LogP contribution is 2.26. The van der Waals surface area contributed by atoms with Crippen LogP contribution in [0.5, 0.6) is 11.5 Å². The van der Waals surface area contributed by atoms with Crippen LogP contribution in [0.4, 0.5) is 13.9 Å². The number of hydrogen-bond acceptors (Lipinski definition) is 6. The third-order valence-corrected chi connectivity index (χ3v) is 5.69. The van der Waals surface area contributed by atoms with Crippen molar-refractivity contribution in [3.8, 4) is 11.5 Å². The average Bonchev–Trinajstić information content (AvgIpc) is 3.43. The lowest BCUT2D eigenvalue weighted by molar-refractivity contribution is -0.0504. The highest BCUT2D eigenvalue weighted by atomic mass is 32.1. The van der Waals surface area contributed by atoms with Crippen molar-refractivity contribution < 1.29 is 18.3 Å². The lowest BCUT2D eigenvalue weighted by Crippen LogP contribution is -2.38. The van der Waals surface area contributed by atoms with Crippen molar-refractivity contribution >= 4 is 22.4 Å². The highest BCUT2D eigenvalue weighted by Gasteiger charge is 2.15. The standard InChI is InChI=1S/C20H27F2N5O2S/c1-23-19(24-8-7-15-13-30-20(26-15)27-9-3-4-10-27)25-12-14-11-16(28-2)5-6-17(14)29-18(21)22/h5-6,11,13,18H,3-4,7-10,12H2,1-2H3,(H2,23,24,25). The van der Waals surface area contributed by atoms with Crippen LogP contribution in [0.15, 0.2) is 28.6 Å². The number of aliphatic imine (C=N–C) groups is 1. The van der Waals surface area contributed by atoms with Gasteiger partial charge in [0.15, 0.2) is 11.1 Å². The van der Waals surface area contributed by atoms with E-state index in [9.17, 15) is 8.78 Å². The second kappa shape index (κ2) is 11.0. The number of hydrogen-bond donors (Lipinski definition) is 2. The molecule has 7 nitrogen and oxygen atoms in total. The molecule has 0 atom stereocenters. The number of thiazole rings is 1. The van der Waals surface area contributed by atoms with Gasteiger partial charge < -0.3 is 25.0 Å². The van der Waals surface area contributed by atoms with Gasteiger partial charge >= 0.3 is 6.61 Å². The van der Waals surface area contributed by atoms with Crippen LogP contribution in [-0.2, 0) is 13.0 Å². The molecule has 0 aliphatic carbocycles. The van der Waals surface area contributed by atoms with Gasteiger partial charge in [-0.25, -0.2) is 4.98 Å². The topological polar surface area (TPSA) is 71.0 Å². The number of guanidine groups is 1. The van der Waals surface area contributed by atoms with Crippen LogP contribution in [0.3, 0.4) is 0 Å². The Hall–Kier alpha value is -2.62. The third kappa shape index (κ3) is 6.19. The Morgan fingerprint density at radius 1 is 1.30 bits per heavy atom. The van der Waals surface area contributed by atoms with Crippen LogP contribution in [0.25, 0.3) is 0 Å². The van der Waals surface area contributed by atoms with Gasteiger partial charge in [-0.1, -0.05) is 0 Å². The summed E-state index contributed by atoms with van der Waals surface area (Å²) in [6.45, 7) is 0.195. The van der Waals surface area contributed by atoms with Crippen molar-refractivity contribution in [1.29, 1.82) is 0 Å². The summed E-state index contributed by atoms with van der Waals surface area (Å²) in [6.07, 6.45) is 3.23. The van der Waals surface area contributed by atoms with E-state index in [0.29, 0.717) is 23.8 Å². The molecular weight excluding hydrogens is 412 g/mol. The molecule has 1 fully saturated rings.